The van der Waals surface area contributed by atoms with Gasteiger partial charge in [0.2, 0.25) is 0 Å². The normalized spacial score (nSPS) is 10.1. The number of aromatic hydroxyl groups is 1. The van der Waals surface area contributed by atoms with Gasteiger partial charge in [-0.15, -0.1) is 0 Å². The number of benzene rings is 1. The van der Waals surface area contributed by atoms with Gasteiger partial charge in [-0.3, -0.25) is 0 Å². The van der Waals surface area contributed by atoms with Crippen LogP contribution in [0, 0.1) is 0 Å². The van der Waals surface area contributed by atoms with Crippen molar-refractivity contribution in [1.29, 1.82) is 0 Å². The molecule has 0 spiro atoms. The van der Waals surface area contributed by atoms with Crippen LogP contribution in [0.3, 0.4) is 0 Å². The third-order valence-electron chi connectivity index (χ3n) is 1.97. The van der Waals surface area contributed by atoms with E-state index in [0.717, 1.165) is 0 Å². The van der Waals surface area contributed by atoms with E-state index in [1.165, 1.54) is 18.4 Å². The van der Waals surface area contributed by atoms with Crippen molar-refractivity contribution in [2.45, 2.75) is 0 Å². The zero-order valence-electron chi connectivity index (χ0n) is 7.54. The predicted octanol–water partition coefficient (Wildman–Crippen LogP) is 1.75. The smallest absolute Gasteiger partial charge is 0.340 e. The minimum atomic E-state index is -1.20. The molecule has 76 valence electrons. The molecule has 2 rings (SSSR count). The summed E-state index contributed by atoms with van der Waals surface area (Å²) in [6.07, 6.45) is 1.34. The lowest BCUT2D eigenvalue weighted by Gasteiger charge is -2.03. The van der Waals surface area contributed by atoms with Crippen LogP contribution >= 0.6 is 0 Å². The Balaban J connectivity index is 2.66. The predicted molar refractivity (Wildman–Crippen MR) is 50.6 cm³/mol. The zero-order valence-corrected chi connectivity index (χ0v) is 7.54. The summed E-state index contributed by atoms with van der Waals surface area (Å²) in [4.78, 5) is 10.9. The second-order valence-electron chi connectivity index (χ2n) is 2.89. The van der Waals surface area contributed by atoms with Crippen molar-refractivity contribution in [3.63, 3.8) is 0 Å². The molecular formula is C10H7NO4. The van der Waals surface area contributed by atoms with Crippen LogP contribution in [-0.2, 0) is 0 Å². The second-order valence-corrected chi connectivity index (χ2v) is 2.89. The summed E-state index contributed by atoms with van der Waals surface area (Å²) >= 11 is 0. The lowest BCUT2D eigenvalue weighted by molar-refractivity contribution is 0.0694. The summed E-state index contributed by atoms with van der Waals surface area (Å²) in [6.45, 7) is 0. The zero-order chi connectivity index (χ0) is 10.8. The Bertz CT molecular complexity index is 490. The number of nitrogens with zero attached hydrogens (tertiary/aromatic N) is 1. The highest BCUT2D eigenvalue weighted by Crippen LogP contribution is 2.28. The molecule has 2 N–H and O–H groups in total. The lowest BCUT2D eigenvalue weighted by atomic mass is 10.0. The number of carbonyl (C=O) groups is 1. The summed E-state index contributed by atoms with van der Waals surface area (Å²) in [7, 11) is 0. The quantitative estimate of drug-likeness (QED) is 0.780. The van der Waals surface area contributed by atoms with E-state index in [2.05, 4.69) is 9.68 Å². The van der Waals surface area contributed by atoms with Gasteiger partial charge in [0, 0.05) is 11.6 Å². The van der Waals surface area contributed by atoms with E-state index in [1.54, 1.807) is 12.1 Å². The van der Waals surface area contributed by atoms with Gasteiger partial charge in [0.15, 0.2) is 0 Å². The molecule has 1 heterocycles. The van der Waals surface area contributed by atoms with Crippen molar-refractivity contribution in [3.05, 3.63) is 36.1 Å². The second kappa shape index (κ2) is 3.45. The maximum atomic E-state index is 10.9. The van der Waals surface area contributed by atoms with E-state index in [-0.39, 0.29) is 11.3 Å². The molecule has 0 amide bonds. The standard InChI is InChI=1S/C10H7NO4/c12-8-3-1-2-6(9(8)10(13)14)7-4-5-15-11-7/h1-5,12H,(H,13,14). The monoisotopic (exact) mass is 205 g/mol. The number of aromatic nitrogens is 1. The van der Waals surface area contributed by atoms with E-state index in [9.17, 15) is 9.90 Å². The fourth-order valence-electron chi connectivity index (χ4n) is 1.33. The van der Waals surface area contributed by atoms with E-state index >= 15 is 0 Å². The van der Waals surface area contributed by atoms with Gasteiger partial charge in [0.25, 0.3) is 0 Å². The largest absolute Gasteiger partial charge is 0.507 e. The number of carboxylic acids is 1. The highest BCUT2D eigenvalue weighted by atomic mass is 16.5. The van der Waals surface area contributed by atoms with Crippen molar-refractivity contribution in [2.24, 2.45) is 0 Å². The maximum absolute atomic E-state index is 10.9. The van der Waals surface area contributed by atoms with Crippen LogP contribution in [-0.4, -0.2) is 21.3 Å². The molecule has 0 fully saturated rings. The number of hydrogen-bond acceptors (Lipinski definition) is 4. The Morgan fingerprint density at radius 2 is 2.13 bits per heavy atom. The SMILES string of the molecule is O=C(O)c1c(O)cccc1-c1ccon1. The maximum Gasteiger partial charge on any atom is 0.340 e. The van der Waals surface area contributed by atoms with Crippen LogP contribution in [0.4, 0.5) is 0 Å². The van der Waals surface area contributed by atoms with E-state index < -0.39 is 5.97 Å². The molecule has 0 aliphatic carbocycles. The fraction of sp³-hybridized carbons (Fsp3) is 0. The van der Waals surface area contributed by atoms with E-state index in [4.69, 9.17) is 5.11 Å². The molecule has 2 aromatic rings. The van der Waals surface area contributed by atoms with Crippen molar-refractivity contribution >= 4 is 5.97 Å². The molecule has 5 heteroatoms. The molecule has 0 aliphatic heterocycles. The number of phenols is 1. The van der Waals surface area contributed by atoms with Crippen LogP contribution in [0.25, 0.3) is 11.3 Å². The van der Waals surface area contributed by atoms with E-state index in [0.29, 0.717) is 11.3 Å². The van der Waals surface area contributed by atoms with Crippen LogP contribution in [0.15, 0.2) is 35.1 Å². The summed E-state index contributed by atoms with van der Waals surface area (Å²) < 4.78 is 4.62. The summed E-state index contributed by atoms with van der Waals surface area (Å²) in [6, 6.07) is 5.95. The van der Waals surface area contributed by atoms with Crippen molar-refractivity contribution in [2.75, 3.05) is 0 Å². The van der Waals surface area contributed by atoms with Gasteiger partial charge in [-0.1, -0.05) is 17.3 Å². The Morgan fingerprint density at radius 3 is 2.73 bits per heavy atom. The number of hydrogen-bond donors (Lipinski definition) is 2. The third kappa shape index (κ3) is 1.54. The Kier molecular flexibility index (Phi) is 2.13. The lowest BCUT2D eigenvalue weighted by Crippen LogP contribution is -2.00. The van der Waals surface area contributed by atoms with Crippen molar-refractivity contribution in [3.8, 4) is 17.0 Å². The molecule has 1 aromatic heterocycles. The summed E-state index contributed by atoms with van der Waals surface area (Å²) in [5.41, 5.74) is 0.533. The fourth-order valence-corrected chi connectivity index (χ4v) is 1.33. The van der Waals surface area contributed by atoms with Gasteiger partial charge < -0.3 is 14.7 Å². The average molecular weight is 205 g/mol. The molecule has 15 heavy (non-hydrogen) atoms. The topological polar surface area (TPSA) is 83.6 Å². The molecule has 0 unspecified atom stereocenters. The Hall–Kier alpha value is -2.30. The molecule has 0 radical (unpaired) electrons. The van der Waals surface area contributed by atoms with Gasteiger partial charge in [-0.2, -0.15) is 0 Å². The Labute approximate surface area is 84.6 Å². The molecular weight excluding hydrogens is 198 g/mol. The first-order chi connectivity index (χ1) is 7.20. The van der Waals surface area contributed by atoms with Crippen LogP contribution < -0.4 is 0 Å². The number of rotatable bonds is 2. The van der Waals surface area contributed by atoms with Crippen LogP contribution in [0.1, 0.15) is 10.4 Å². The highest BCUT2D eigenvalue weighted by molar-refractivity contribution is 5.98. The molecule has 0 saturated heterocycles. The van der Waals surface area contributed by atoms with E-state index in [1.807, 2.05) is 0 Å². The van der Waals surface area contributed by atoms with Crippen molar-refractivity contribution < 1.29 is 19.5 Å². The summed E-state index contributed by atoms with van der Waals surface area (Å²) in [5, 5.41) is 22.0. The molecule has 0 bridgehead atoms. The van der Waals surface area contributed by atoms with Crippen LogP contribution in [0.2, 0.25) is 0 Å². The first-order valence-electron chi connectivity index (χ1n) is 4.16. The first kappa shape index (κ1) is 9.26. The Morgan fingerprint density at radius 1 is 1.33 bits per heavy atom. The highest BCUT2D eigenvalue weighted by Gasteiger charge is 2.17. The minimum Gasteiger partial charge on any atom is -0.507 e. The number of aromatic carboxylic acids is 1. The molecule has 0 aliphatic rings. The van der Waals surface area contributed by atoms with Gasteiger partial charge in [-0.25, -0.2) is 4.79 Å². The van der Waals surface area contributed by atoms with Gasteiger partial charge in [-0.05, 0) is 6.07 Å². The first-order valence-corrected chi connectivity index (χ1v) is 4.16. The van der Waals surface area contributed by atoms with Crippen LogP contribution in [0.5, 0.6) is 5.75 Å². The molecule has 0 atom stereocenters. The number of carboxylic acid groups (broad SMARTS) is 1. The summed E-state index contributed by atoms with van der Waals surface area (Å²) in [5.74, 6) is -1.49. The average Bonchev–Trinajstić information content (AvgIpc) is 2.69. The van der Waals surface area contributed by atoms with Gasteiger partial charge >= 0.3 is 5.97 Å². The van der Waals surface area contributed by atoms with Crippen molar-refractivity contribution in [1.82, 2.24) is 5.16 Å². The van der Waals surface area contributed by atoms with Gasteiger partial charge in [0.05, 0.1) is 0 Å². The molecule has 0 saturated carbocycles. The van der Waals surface area contributed by atoms with Gasteiger partial charge in [0.1, 0.15) is 23.3 Å². The molecule has 5 nitrogen and oxygen atoms in total. The minimum absolute atomic E-state index is 0.175. The molecule has 1 aromatic carbocycles. The third-order valence-corrected chi connectivity index (χ3v) is 1.97.